The van der Waals surface area contributed by atoms with Crippen molar-refractivity contribution in [3.63, 3.8) is 0 Å². The van der Waals surface area contributed by atoms with Crippen LogP contribution in [0.25, 0.3) is 6.08 Å². The number of carbonyl (C=O) groups is 1. The van der Waals surface area contributed by atoms with Gasteiger partial charge in [0.2, 0.25) is 5.78 Å². The van der Waals surface area contributed by atoms with Crippen molar-refractivity contribution in [1.82, 2.24) is 9.13 Å². The van der Waals surface area contributed by atoms with Gasteiger partial charge < -0.3 is 5.73 Å². The molecule has 0 spiro atoms. The summed E-state index contributed by atoms with van der Waals surface area (Å²) >= 11 is 0. The molecule has 0 atom stereocenters. The quantitative estimate of drug-likeness (QED) is 0.494. The number of ketones is 1. The molecule has 1 aromatic heterocycles. The van der Waals surface area contributed by atoms with E-state index in [2.05, 4.69) is 0 Å². The number of nitriles is 1. The van der Waals surface area contributed by atoms with Crippen LogP contribution in [0.5, 0.6) is 0 Å². The van der Waals surface area contributed by atoms with E-state index in [4.69, 9.17) is 5.73 Å². The summed E-state index contributed by atoms with van der Waals surface area (Å²) in [5.74, 6) is -1.67. The summed E-state index contributed by atoms with van der Waals surface area (Å²) in [5, 5.41) is 9.25. The van der Waals surface area contributed by atoms with Gasteiger partial charge >= 0.3 is 11.9 Å². The molecule has 0 aliphatic carbocycles. The molecule has 2 N–H and O–H groups in total. The number of hydrogen-bond acceptors (Lipinski definition) is 5. The van der Waals surface area contributed by atoms with Crippen molar-refractivity contribution in [2.75, 3.05) is 5.73 Å². The summed E-state index contributed by atoms with van der Waals surface area (Å²) in [7, 11) is 2.32. The highest BCUT2D eigenvalue weighted by Gasteiger charge is 2.33. The molecular weight excluding hydrogens is 365 g/mol. The second kappa shape index (κ2) is 6.95. The van der Waals surface area contributed by atoms with Gasteiger partial charge in [0.1, 0.15) is 23.0 Å². The van der Waals surface area contributed by atoms with E-state index in [0.717, 1.165) is 35.9 Å². The van der Waals surface area contributed by atoms with Crippen molar-refractivity contribution >= 4 is 17.7 Å². The SMILES string of the molecule is Cn1c(N)c(C(=O)/C(C#N)=C/c2ccccc2C(F)(F)F)c(=O)n(C)c1=O. The molecule has 0 aliphatic heterocycles. The van der Waals surface area contributed by atoms with E-state index in [1.54, 1.807) is 0 Å². The van der Waals surface area contributed by atoms with Gasteiger partial charge in [0.25, 0.3) is 5.56 Å². The predicted molar refractivity (Wildman–Crippen MR) is 90.7 cm³/mol. The van der Waals surface area contributed by atoms with Crippen molar-refractivity contribution in [2.45, 2.75) is 6.18 Å². The number of alkyl halides is 3. The smallest absolute Gasteiger partial charge is 0.384 e. The Morgan fingerprint density at radius 1 is 1.19 bits per heavy atom. The molecule has 0 saturated heterocycles. The van der Waals surface area contributed by atoms with Gasteiger partial charge in [0.15, 0.2) is 0 Å². The minimum Gasteiger partial charge on any atom is -0.384 e. The number of nitrogens with two attached hydrogens (primary N) is 1. The third kappa shape index (κ3) is 3.52. The third-order valence-corrected chi connectivity index (χ3v) is 3.87. The minimum atomic E-state index is -4.71. The molecule has 140 valence electrons. The van der Waals surface area contributed by atoms with Crippen LogP contribution in [0.2, 0.25) is 0 Å². The van der Waals surface area contributed by atoms with Crippen LogP contribution in [0.4, 0.5) is 19.0 Å². The Balaban J connectivity index is 2.71. The monoisotopic (exact) mass is 378 g/mol. The zero-order valence-electron chi connectivity index (χ0n) is 14.2. The van der Waals surface area contributed by atoms with Crippen LogP contribution >= 0.6 is 0 Å². The summed E-state index contributed by atoms with van der Waals surface area (Å²) < 4.78 is 40.7. The minimum absolute atomic E-state index is 0.421. The first-order valence-electron chi connectivity index (χ1n) is 7.39. The summed E-state index contributed by atoms with van der Waals surface area (Å²) in [5.41, 5.74) is 0.941. The topological polar surface area (TPSA) is 111 Å². The van der Waals surface area contributed by atoms with Crippen molar-refractivity contribution in [2.24, 2.45) is 14.1 Å². The number of allylic oxidation sites excluding steroid dienone is 1. The number of nitrogen functional groups attached to an aromatic ring is 1. The Morgan fingerprint density at radius 2 is 1.78 bits per heavy atom. The van der Waals surface area contributed by atoms with Crippen molar-refractivity contribution < 1.29 is 18.0 Å². The lowest BCUT2D eigenvalue weighted by Crippen LogP contribution is -2.41. The van der Waals surface area contributed by atoms with Crippen LogP contribution < -0.4 is 17.0 Å². The largest absolute Gasteiger partial charge is 0.416 e. The Labute approximate surface area is 150 Å². The molecule has 10 heteroatoms. The molecule has 0 saturated carbocycles. The van der Waals surface area contributed by atoms with Gasteiger partial charge in [-0.3, -0.25) is 18.7 Å². The number of carbonyl (C=O) groups excluding carboxylic acids is 1. The lowest BCUT2D eigenvalue weighted by Gasteiger charge is -2.12. The Morgan fingerprint density at radius 3 is 2.33 bits per heavy atom. The molecule has 2 aromatic rings. The zero-order chi connectivity index (χ0) is 20.5. The average molecular weight is 378 g/mol. The van der Waals surface area contributed by atoms with Gasteiger partial charge in [0.05, 0.1) is 5.56 Å². The van der Waals surface area contributed by atoms with E-state index in [0.29, 0.717) is 4.57 Å². The van der Waals surface area contributed by atoms with Gasteiger partial charge in [0, 0.05) is 14.1 Å². The first kappa shape index (κ1) is 19.7. The summed E-state index contributed by atoms with van der Waals surface area (Å²) in [4.78, 5) is 36.7. The van der Waals surface area contributed by atoms with Crippen LogP contribution in [-0.2, 0) is 20.3 Å². The lowest BCUT2D eigenvalue weighted by atomic mass is 10.00. The third-order valence-electron chi connectivity index (χ3n) is 3.87. The Hall–Kier alpha value is -3.61. The van der Waals surface area contributed by atoms with Gasteiger partial charge in [-0.05, 0) is 17.7 Å². The molecule has 0 amide bonds. The van der Waals surface area contributed by atoms with E-state index in [9.17, 15) is 32.8 Å². The van der Waals surface area contributed by atoms with Gasteiger partial charge in [-0.15, -0.1) is 0 Å². The number of nitrogens with zero attached hydrogens (tertiary/aromatic N) is 3. The van der Waals surface area contributed by atoms with E-state index < -0.39 is 51.3 Å². The fourth-order valence-corrected chi connectivity index (χ4v) is 2.39. The number of Topliss-reactive ketones (excluding diaryl/α,β-unsaturated/α-hetero) is 1. The fourth-order valence-electron chi connectivity index (χ4n) is 2.39. The molecular formula is C17H13F3N4O3. The number of rotatable bonds is 3. The van der Waals surface area contributed by atoms with E-state index in [1.807, 2.05) is 0 Å². The van der Waals surface area contributed by atoms with E-state index in [1.165, 1.54) is 19.2 Å². The van der Waals surface area contributed by atoms with Gasteiger partial charge in [-0.2, -0.15) is 18.4 Å². The standard InChI is InChI=1S/C17H13F3N4O3/c1-23-14(22)12(15(26)24(2)16(23)27)13(25)10(8-21)7-9-5-3-4-6-11(9)17(18,19)20/h3-7H,22H2,1-2H3/b10-7+. The van der Waals surface area contributed by atoms with E-state index >= 15 is 0 Å². The number of benzene rings is 1. The molecule has 0 radical (unpaired) electrons. The van der Waals surface area contributed by atoms with Crippen molar-refractivity contribution in [1.29, 1.82) is 5.26 Å². The molecule has 0 unspecified atom stereocenters. The van der Waals surface area contributed by atoms with Gasteiger partial charge in [-0.25, -0.2) is 4.79 Å². The summed E-state index contributed by atoms with van der Waals surface area (Å²) in [6.07, 6.45) is -3.97. The molecule has 7 nitrogen and oxygen atoms in total. The second-order valence-corrected chi connectivity index (χ2v) is 5.55. The first-order valence-corrected chi connectivity index (χ1v) is 7.39. The molecule has 2 rings (SSSR count). The normalized spacial score (nSPS) is 11.9. The maximum absolute atomic E-state index is 13.1. The average Bonchev–Trinajstić information content (AvgIpc) is 2.62. The predicted octanol–water partition coefficient (Wildman–Crippen LogP) is 1.47. The molecule has 0 fully saturated rings. The molecule has 27 heavy (non-hydrogen) atoms. The highest BCUT2D eigenvalue weighted by atomic mass is 19.4. The summed E-state index contributed by atoms with van der Waals surface area (Å²) in [6.45, 7) is 0. The Kier molecular flexibility index (Phi) is 5.07. The first-order chi connectivity index (χ1) is 12.5. The van der Waals surface area contributed by atoms with Crippen LogP contribution in [0.15, 0.2) is 39.4 Å². The molecule has 1 aromatic carbocycles. The molecule has 0 aliphatic rings. The Bertz CT molecular complexity index is 1120. The van der Waals surface area contributed by atoms with Crippen LogP contribution in [-0.4, -0.2) is 14.9 Å². The number of halogens is 3. The zero-order valence-corrected chi connectivity index (χ0v) is 14.2. The number of hydrogen-bond donors (Lipinski definition) is 1. The second-order valence-electron chi connectivity index (χ2n) is 5.55. The maximum atomic E-state index is 13.1. The maximum Gasteiger partial charge on any atom is 0.416 e. The number of anilines is 1. The number of aromatic nitrogens is 2. The summed E-state index contributed by atoms with van der Waals surface area (Å²) in [6, 6.07) is 5.83. The fraction of sp³-hybridized carbons (Fsp3) is 0.176. The van der Waals surface area contributed by atoms with Crippen molar-refractivity contribution in [3.8, 4) is 6.07 Å². The van der Waals surface area contributed by atoms with Crippen LogP contribution in [0, 0.1) is 11.3 Å². The van der Waals surface area contributed by atoms with Gasteiger partial charge in [-0.1, -0.05) is 18.2 Å². The highest BCUT2D eigenvalue weighted by Crippen LogP contribution is 2.33. The molecule has 1 heterocycles. The molecule has 0 bridgehead atoms. The van der Waals surface area contributed by atoms with E-state index in [-0.39, 0.29) is 0 Å². The van der Waals surface area contributed by atoms with Crippen LogP contribution in [0.3, 0.4) is 0 Å². The van der Waals surface area contributed by atoms with Crippen LogP contribution in [0.1, 0.15) is 21.5 Å². The lowest BCUT2D eigenvalue weighted by molar-refractivity contribution is -0.137. The van der Waals surface area contributed by atoms with Crippen molar-refractivity contribution in [3.05, 3.63) is 67.4 Å². The highest BCUT2D eigenvalue weighted by molar-refractivity contribution is 6.16.